The molecule has 1 aliphatic carbocycles. The fourth-order valence-electron chi connectivity index (χ4n) is 10.8. The van der Waals surface area contributed by atoms with Gasteiger partial charge in [0, 0.05) is 5.41 Å². The number of benzene rings is 10. The van der Waals surface area contributed by atoms with Gasteiger partial charge in [0.15, 0.2) is 0 Å². The lowest BCUT2D eigenvalue weighted by atomic mass is 9.79. The van der Waals surface area contributed by atoms with Crippen LogP contribution in [0.1, 0.15) is 81.8 Å². The fourth-order valence-corrected chi connectivity index (χ4v) is 10.8. The van der Waals surface area contributed by atoms with E-state index in [1.807, 2.05) is 0 Å². The minimum atomic E-state index is -0.148. The lowest BCUT2D eigenvalue weighted by Gasteiger charge is -2.24. The highest BCUT2D eigenvalue weighted by molar-refractivity contribution is 6.27. The van der Waals surface area contributed by atoms with Crippen molar-refractivity contribution < 1.29 is 0 Å². The maximum Gasteiger partial charge on any atom is 0.0159 e. The van der Waals surface area contributed by atoms with Crippen LogP contribution in [-0.2, 0) is 17.3 Å². The van der Waals surface area contributed by atoms with E-state index in [2.05, 4.69) is 184 Å². The molecule has 0 heteroatoms. The Hall–Kier alpha value is -5.72. The lowest BCUT2D eigenvalue weighted by Crippen LogP contribution is -2.15. The quantitative estimate of drug-likeness (QED) is 0.158. The molecule has 0 fully saturated rings. The van der Waals surface area contributed by atoms with Gasteiger partial charge in [-0.25, -0.2) is 0 Å². The van der Waals surface area contributed by atoms with Gasteiger partial charge in [-0.1, -0.05) is 158 Å². The van der Waals surface area contributed by atoms with Gasteiger partial charge < -0.3 is 0 Å². The lowest BCUT2D eigenvalue weighted by molar-refractivity contribution is 0.591. The van der Waals surface area contributed by atoms with Crippen molar-refractivity contribution in [2.24, 2.45) is 5.92 Å². The molecular formula is C57H50. The average Bonchev–Trinajstić information content (AvgIpc) is 3.40. The van der Waals surface area contributed by atoms with E-state index < -0.39 is 0 Å². The van der Waals surface area contributed by atoms with Crippen LogP contribution in [0, 0.1) is 19.8 Å². The fraction of sp³-hybridized carbons (Fsp3) is 0.228. The number of hydrogen-bond donors (Lipinski definition) is 0. The highest BCUT2D eigenvalue weighted by Crippen LogP contribution is 2.52. The molecular weight excluding hydrogens is 685 g/mol. The van der Waals surface area contributed by atoms with Crippen molar-refractivity contribution in [2.75, 3.05) is 0 Å². The minimum Gasteiger partial charge on any atom is -0.0625 e. The molecule has 0 spiro atoms. The summed E-state index contributed by atoms with van der Waals surface area (Å²) < 4.78 is 0. The van der Waals surface area contributed by atoms with Crippen LogP contribution in [0.15, 0.2) is 121 Å². The number of aryl methyl sites for hydroxylation is 2. The smallest absolute Gasteiger partial charge is 0.0159 e. The predicted molar refractivity (Wildman–Crippen MR) is 249 cm³/mol. The van der Waals surface area contributed by atoms with E-state index in [-0.39, 0.29) is 10.8 Å². The molecule has 57 heavy (non-hydrogen) atoms. The van der Waals surface area contributed by atoms with E-state index in [1.165, 1.54) is 131 Å². The van der Waals surface area contributed by atoms with Crippen molar-refractivity contribution in [1.82, 2.24) is 0 Å². The molecule has 1 aliphatic rings. The number of hydrogen-bond acceptors (Lipinski definition) is 0. The molecule has 278 valence electrons. The van der Waals surface area contributed by atoms with Gasteiger partial charge >= 0.3 is 0 Å². The molecule has 0 N–H and O–H groups in total. The summed E-state index contributed by atoms with van der Waals surface area (Å²) in [7, 11) is 0. The van der Waals surface area contributed by atoms with Gasteiger partial charge in [-0.3, -0.25) is 0 Å². The van der Waals surface area contributed by atoms with Crippen molar-refractivity contribution >= 4 is 64.6 Å². The topological polar surface area (TPSA) is 0 Å². The Morgan fingerprint density at radius 3 is 1.30 bits per heavy atom. The first-order valence-corrected chi connectivity index (χ1v) is 21.0. The summed E-state index contributed by atoms with van der Waals surface area (Å²) in [5.74, 6) is 0.632. The van der Waals surface area contributed by atoms with Gasteiger partial charge in [-0.2, -0.15) is 0 Å². The average molecular weight is 735 g/mol. The van der Waals surface area contributed by atoms with Gasteiger partial charge in [0.05, 0.1) is 0 Å². The SMILES string of the molecule is Cc1cc(-c2ccc3c(c2)C(C)(C)c2cc(-c4cc(C)c5ccc6cc(C(C)(C)C)cc7ccc4c5c67)ccc2-3)c2ccc3cc(CC(C)C)cc4ccc1c2c43. The zero-order chi connectivity index (χ0) is 39.3. The zero-order valence-electron chi connectivity index (χ0n) is 34.8. The first kappa shape index (κ1) is 34.5. The Morgan fingerprint density at radius 1 is 0.456 bits per heavy atom. The molecule has 0 heterocycles. The molecule has 0 aliphatic heterocycles. The Balaban J connectivity index is 1.04. The number of fused-ring (bicyclic) bond motifs is 3. The summed E-state index contributed by atoms with van der Waals surface area (Å²) in [6.45, 7) is 21.0. The van der Waals surface area contributed by atoms with Crippen molar-refractivity contribution in [3.05, 3.63) is 155 Å². The van der Waals surface area contributed by atoms with E-state index in [4.69, 9.17) is 0 Å². The molecule has 10 aromatic carbocycles. The molecule has 11 rings (SSSR count). The maximum absolute atomic E-state index is 2.51. The second-order valence-corrected chi connectivity index (χ2v) is 19.4. The number of rotatable bonds is 4. The zero-order valence-corrected chi connectivity index (χ0v) is 34.8. The summed E-state index contributed by atoms with van der Waals surface area (Å²) in [4.78, 5) is 0. The highest BCUT2D eigenvalue weighted by atomic mass is 14.4. The second-order valence-electron chi connectivity index (χ2n) is 19.4. The van der Waals surface area contributed by atoms with Crippen LogP contribution in [0.25, 0.3) is 98.0 Å². The van der Waals surface area contributed by atoms with Crippen LogP contribution in [0.4, 0.5) is 0 Å². The second kappa shape index (κ2) is 11.7. The van der Waals surface area contributed by atoms with E-state index in [0.29, 0.717) is 5.92 Å². The Bertz CT molecular complexity index is 3270. The predicted octanol–water partition coefficient (Wildman–Crippen LogP) is 16.2. The molecule has 0 aromatic heterocycles. The largest absolute Gasteiger partial charge is 0.0625 e. The van der Waals surface area contributed by atoms with Crippen LogP contribution in [0.5, 0.6) is 0 Å². The molecule has 0 saturated heterocycles. The molecule has 0 radical (unpaired) electrons. The van der Waals surface area contributed by atoms with Crippen molar-refractivity contribution in [3.63, 3.8) is 0 Å². The maximum atomic E-state index is 2.51. The van der Waals surface area contributed by atoms with Crippen molar-refractivity contribution in [3.8, 4) is 33.4 Å². The third-order valence-corrected chi connectivity index (χ3v) is 13.7. The summed E-state index contributed by atoms with van der Waals surface area (Å²) in [6, 6.07) is 48.0. The van der Waals surface area contributed by atoms with Gasteiger partial charge in [-0.15, -0.1) is 0 Å². The highest BCUT2D eigenvalue weighted by Gasteiger charge is 2.36. The summed E-state index contributed by atoms with van der Waals surface area (Å²) in [5, 5.41) is 16.4. The van der Waals surface area contributed by atoms with Crippen LogP contribution in [0.3, 0.4) is 0 Å². The molecule has 0 unspecified atom stereocenters. The molecule has 0 amide bonds. The Morgan fingerprint density at radius 2 is 0.877 bits per heavy atom. The third kappa shape index (κ3) is 4.92. The first-order valence-electron chi connectivity index (χ1n) is 21.0. The van der Waals surface area contributed by atoms with Crippen LogP contribution >= 0.6 is 0 Å². The molecule has 10 aromatic rings. The van der Waals surface area contributed by atoms with E-state index in [9.17, 15) is 0 Å². The van der Waals surface area contributed by atoms with Gasteiger partial charge in [0.1, 0.15) is 0 Å². The molecule has 0 saturated carbocycles. The summed E-state index contributed by atoms with van der Waals surface area (Å²) in [5.41, 5.74) is 16.2. The summed E-state index contributed by atoms with van der Waals surface area (Å²) in [6.07, 6.45) is 1.10. The van der Waals surface area contributed by atoms with E-state index in [0.717, 1.165) is 6.42 Å². The first-order chi connectivity index (χ1) is 27.3. The van der Waals surface area contributed by atoms with Crippen molar-refractivity contribution in [1.29, 1.82) is 0 Å². The monoisotopic (exact) mass is 734 g/mol. The molecule has 0 nitrogen and oxygen atoms in total. The van der Waals surface area contributed by atoms with Gasteiger partial charge in [0.2, 0.25) is 0 Å². The standard InChI is InChI=1S/C57H50/c1-31(2)22-34-25-37-12-16-42-32(3)23-48(46-20-14-38(26-34)52(37)54(42)46)35-10-18-44-45-19-11-36(30-51(45)57(8,9)50(44)29-35)49-24-33(4)43-17-13-39-27-41(56(5,6)7)28-40-15-21-47(49)55(43)53(39)40/h10-21,23-31H,22H2,1-9H3. The minimum absolute atomic E-state index is 0.0969. The van der Waals surface area contributed by atoms with Crippen molar-refractivity contribution in [2.45, 2.75) is 79.6 Å². The Kier molecular flexibility index (Phi) is 7.07. The van der Waals surface area contributed by atoms with Crippen LogP contribution in [0.2, 0.25) is 0 Å². The molecule has 0 bridgehead atoms. The van der Waals surface area contributed by atoms with E-state index in [1.54, 1.807) is 0 Å². The van der Waals surface area contributed by atoms with Crippen LogP contribution in [-0.4, -0.2) is 0 Å². The van der Waals surface area contributed by atoms with Gasteiger partial charge in [-0.05, 0) is 175 Å². The van der Waals surface area contributed by atoms with E-state index >= 15 is 0 Å². The van der Waals surface area contributed by atoms with Gasteiger partial charge in [0.25, 0.3) is 0 Å². The molecule has 0 atom stereocenters. The summed E-state index contributed by atoms with van der Waals surface area (Å²) >= 11 is 0. The normalized spacial score (nSPS) is 14.1. The third-order valence-electron chi connectivity index (χ3n) is 13.7. The Labute approximate surface area is 336 Å². The van der Waals surface area contributed by atoms with Crippen LogP contribution < -0.4 is 0 Å².